The highest BCUT2D eigenvalue weighted by Gasteiger charge is 2.24. The molecule has 5 heteroatoms. The van der Waals surface area contributed by atoms with Crippen molar-refractivity contribution >= 4 is 27.3 Å². The van der Waals surface area contributed by atoms with Crippen LogP contribution in [-0.4, -0.2) is 5.11 Å². The maximum absolute atomic E-state index is 12.7. The Labute approximate surface area is 171 Å². The van der Waals surface area contributed by atoms with Gasteiger partial charge in [0.15, 0.2) is 0 Å². The second-order valence-electron chi connectivity index (χ2n) is 6.65. The van der Waals surface area contributed by atoms with E-state index < -0.39 is 5.63 Å². The van der Waals surface area contributed by atoms with Crippen molar-refractivity contribution in [3.63, 3.8) is 0 Å². The average Bonchev–Trinajstić information content (AvgIpc) is 3.18. The molecule has 2 unspecified atom stereocenters. The minimum atomic E-state index is -0.431. The van der Waals surface area contributed by atoms with Crippen LogP contribution in [0.1, 0.15) is 60.3 Å². The molecular formula is C22H23BrO3S. The van der Waals surface area contributed by atoms with Crippen molar-refractivity contribution in [2.45, 2.75) is 44.9 Å². The zero-order chi connectivity index (χ0) is 19.4. The fourth-order valence-corrected chi connectivity index (χ4v) is 4.60. The third-order valence-corrected chi connectivity index (χ3v) is 6.43. The Kier molecular flexibility index (Phi) is 6.55. The Balaban J connectivity index is 1.92. The first-order valence-corrected chi connectivity index (χ1v) is 10.9. The second-order valence-corrected chi connectivity index (χ2v) is 8.54. The van der Waals surface area contributed by atoms with Gasteiger partial charge in [-0.1, -0.05) is 48.0 Å². The third kappa shape index (κ3) is 4.53. The van der Waals surface area contributed by atoms with E-state index in [0.29, 0.717) is 11.3 Å². The zero-order valence-corrected chi connectivity index (χ0v) is 17.8. The number of aromatic hydroxyl groups is 1. The molecule has 0 bridgehead atoms. The topological polar surface area (TPSA) is 50.4 Å². The van der Waals surface area contributed by atoms with E-state index in [1.165, 1.54) is 5.56 Å². The van der Waals surface area contributed by atoms with E-state index in [2.05, 4.69) is 35.0 Å². The van der Waals surface area contributed by atoms with Gasteiger partial charge in [0.1, 0.15) is 11.5 Å². The van der Waals surface area contributed by atoms with Gasteiger partial charge < -0.3 is 9.52 Å². The van der Waals surface area contributed by atoms with E-state index in [1.54, 1.807) is 17.4 Å². The summed E-state index contributed by atoms with van der Waals surface area (Å²) in [7, 11) is 0. The molecule has 0 spiro atoms. The van der Waals surface area contributed by atoms with Crippen molar-refractivity contribution in [1.29, 1.82) is 0 Å². The van der Waals surface area contributed by atoms with Gasteiger partial charge in [-0.2, -0.15) is 0 Å². The Morgan fingerprint density at radius 1 is 1.15 bits per heavy atom. The fraction of sp³-hybridized carbons (Fsp3) is 0.318. The number of hydrogen-bond acceptors (Lipinski definition) is 4. The Hall–Kier alpha value is -1.85. The van der Waals surface area contributed by atoms with Gasteiger partial charge in [-0.3, -0.25) is 0 Å². The minimum absolute atomic E-state index is 0.0377. The molecular weight excluding hydrogens is 424 g/mol. The highest BCUT2D eigenvalue weighted by atomic mass is 79.9. The predicted molar refractivity (Wildman–Crippen MR) is 114 cm³/mol. The van der Waals surface area contributed by atoms with Gasteiger partial charge in [-0.25, -0.2) is 4.79 Å². The second kappa shape index (κ2) is 8.89. The smallest absolute Gasteiger partial charge is 0.343 e. The number of benzene rings is 1. The lowest BCUT2D eigenvalue weighted by molar-refractivity contribution is 0.381. The van der Waals surface area contributed by atoms with E-state index in [4.69, 9.17) is 4.42 Å². The summed E-state index contributed by atoms with van der Waals surface area (Å²) in [4.78, 5) is 13.8. The van der Waals surface area contributed by atoms with E-state index in [1.807, 2.05) is 36.6 Å². The van der Waals surface area contributed by atoms with Gasteiger partial charge in [0.25, 0.3) is 0 Å². The molecule has 0 aliphatic carbocycles. The normalized spacial score (nSPS) is 13.4. The van der Waals surface area contributed by atoms with Crippen LogP contribution in [0.15, 0.2) is 61.5 Å². The Morgan fingerprint density at radius 2 is 1.89 bits per heavy atom. The SMILES string of the molecule is CCC(Cc1ccc(Br)cc1)c1cc(O)c(C(CC)c2cccs2)c(=O)o1. The summed E-state index contributed by atoms with van der Waals surface area (Å²) >= 11 is 5.04. The Morgan fingerprint density at radius 3 is 2.44 bits per heavy atom. The van der Waals surface area contributed by atoms with Crippen LogP contribution in [0.25, 0.3) is 0 Å². The highest BCUT2D eigenvalue weighted by molar-refractivity contribution is 9.10. The average molecular weight is 447 g/mol. The van der Waals surface area contributed by atoms with Crippen molar-refractivity contribution < 1.29 is 9.52 Å². The molecule has 3 nitrogen and oxygen atoms in total. The summed E-state index contributed by atoms with van der Waals surface area (Å²) in [5.74, 6) is 0.492. The van der Waals surface area contributed by atoms with Crippen LogP contribution in [0.3, 0.4) is 0 Å². The molecule has 2 aromatic heterocycles. The van der Waals surface area contributed by atoms with Gasteiger partial charge in [0.05, 0.1) is 5.56 Å². The van der Waals surface area contributed by atoms with Crippen LogP contribution in [0.5, 0.6) is 5.75 Å². The molecule has 1 N–H and O–H groups in total. The lowest BCUT2D eigenvalue weighted by Crippen LogP contribution is -2.15. The first-order valence-electron chi connectivity index (χ1n) is 9.18. The van der Waals surface area contributed by atoms with E-state index in [0.717, 1.165) is 28.6 Å². The molecule has 0 aliphatic rings. The molecule has 2 atom stereocenters. The summed E-state index contributed by atoms with van der Waals surface area (Å²) in [6.45, 7) is 4.08. The van der Waals surface area contributed by atoms with Gasteiger partial charge in [0, 0.05) is 27.3 Å². The van der Waals surface area contributed by atoms with Crippen LogP contribution >= 0.6 is 27.3 Å². The Bertz CT molecular complexity index is 929. The number of hydrogen-bond donors (Lipinski definition) is 1. The molecule has 3 rings (SSSR count). The molecule has 0 saturated heterocycles. The van der Waals surface area contributed by atoms with Crippen LogP contribution < -0.4 is 5.63 Å². The molecule has 0 aliphatic heterocycles. The molecule has 0 radical (unpaired) electrons. The van der Waals surface area contributed by atoms with E-state index >= 15 is 0 Å². The summed E-state index contributed by atoms with van der Waals surface area (Å²) in [6, 6.07) is 13.7. The lowest BCUT2D eigenvalue weighted by atomic mass is 9.92. The van der Waals surface area contributed by atoms with Crippen LogP contribution in [0.2, 0.25) is 0 Å². The fourth-order valence-electron chi connectivity index (χ4n) is 3.42. The molecule has 0 amide bonds. The molecule has 0 fully saturated rings. The number of halogens is 1. The summed E-state index contributed by atoms with van der Waals surface area (Å²) in [5.41, 5.74) is 1.10. The van der Waals surface area contributed by atoms with Crippen molar-refractivity contribution in [2.24, 2.45) is 0 Å². The summed E-state index contributed by atoms with van der Waals surface area (Å²) in [5, 5.41) is 12.6. The standard InChI is InChI=1S/C22H23BrO3S/c1-3-15(12-14-7-9-16(23)10-8-14)19-13-18(24)21(22(25)26-19)17(4-2)20-6-5-11-27-20/h5-11,13,15,17,24H,3-4,12H2,1-2H3. The van der Waals surface area contributed by atoms with Crippen molar-refractivity contribution in [2.75, 3.05) is 0 Å². The van der Waals surface area contributed by atoms with Gasteiger partial charge in [-0.15, -0.1) is 11.3 Å². The van der Waals surface area contributed by atoms with Crippen LogP contribution in [0.4, 0.5) is 0 Å². The van der Waals surface area contributed by atoms with Gasteiger partial charge >= 0.3 is 5.63 Å². The lowest BCUT2D eigenvalue weighted by Gasteiger charge is -2.18. The zero-order valence-electron chi connectivity index (χ0n) is 15.4. The maximum atomic E-state index is 12.7. The highest BCUT2D eigenvalue weighted by Crippen LogP contribution is 2.36. The van der Waals surface area contributed by atoms with E-state index in [9.17, 15) is 9.90 Å². The molecule has 1 aromatic carbocycles. The minimum Gasteiger partial charge on any atom is -0.507 e. The first kappa shape index (κ1) is 19.9. The summed E-state index contributed by atoms with van der Waals surface area (Å²) in [6.07, 6.45) is 2.31. The molecule has 27 heavy (non-hydrogen) atoms. The first-order chi connectivity index (χ1) is 13.0. The summed E-state index contributed by atoms with van der Waals surface area (Å²) < 4.78 is 6.73. The van der Waals surface area contributed by atoms with Gasteiger partial charge in [-0.05, 0) is 48.4 Å². The predicted octanol–water partition coefficient (Wildman–Crippen LogP) is 6.45. The number of thiophene rings is 1. The van der Waals surface area contributed by atoms with Crippen molar-refractivity contribution in [3.8, 4) is 5.75 Å². The van der Waals surface area contributed by atoms with Crippen molar-refractivity contribution in [1.82, 2.24) is 0 Å². The molecule has 0 saturated carbocycles. The quantitative estimate of drug-likeness (QED) is 0.453. The number of rotatable bonds is 7. The van der Waals surface area contributed by atoms with Gasteiger partial charge in [0.2, 0.25) is 0 Å². The molecule has 3 aromatic rings. The molecule has 142 valence electrons. The monoisotopic (exact) mass is 446 g/mol. The third-order valence-electron chi connectivity index (χ3n) is 4.92. The maximum Gasteiger partial charge on any atom is 0.343 e. The van der Waals surface area contributed by atoms with Crippen LogP contribution in [-0.2, 0) is 6.42 Å². The van der Waals surface area contributed by atoms with Crippen LogP contribution in [0, 0.1) is 0 Å². The van der Waals surface area contributed by atoms with E-state index in [-0.39, 0.29) is 17.6 Å². The largest absolute Gasteiger partial charge is 0.507 e. The molecule has 2 heterocycles. The van der Waals surface area contributed by atoms with Crippen molar-refractivity contribution in [3.05, 3.63) is 84.5 Å².